The zero-order valence-electron chi connectivity index (χ0n) is 17.2. The van der Waals surface area contributed by atoms with Crippen molar-refractivity contribution in [1.82, 2.24) is 4.98 Å². The minimum Gasteiger partial charge on any atom is -0.465 e. The van der Waals surface area contributed by atoms with Gasteiger partial charge in [0.05, 0.1) is 13.2 Å². The van der Waals surface area contributed by atoms with E-state index in [1.165, 1.54) is 18.1 Å². The van der Waals surface area contributed by atoms with Crippen molar-refractivity contribution in [2.45, 2.75) is 39.5 Å². The number of hydrogen-bond acceptors (Lipinski definition) is 5. The molecule has 0 unspecified atom stereocenters. The highest BCUT2D eigenvalue weighted by Crippen LogP contribution is 2.13. The van der Waals surface area contributed by atoms with E-state index in [0.29, 0.717) is 19.8 Å². The summed E-state index contributed by atoms with van der Waals surface area (Å²) in [4.78, 5) is 26.2. The molecule has 0 aliphatic rings. The molecule has 0 amide bonds. The number of hydrogen-bond donors (Lipinski definition) is 0. The van der Waals surface area contributed by atoms with Crippen molar-refractivity contribution >= 4 is 17.8 Å². The fourth-order valence-electron chi connectivity index (χ4n) is 2.78. The van der Waals surface area contributed by atoms with E-state index in [2.05, 4.69) is 41.4 Å². The predicted molar refractivity (Wildman–Crippen MR) is 113 cm³/mol. The Morgan fingerprint density at radius 2 is 1.76 bits per heavy atom. The second kappa shape index (κ2) is 12.6. The molecule has 1 heterocycles. The third-order valence-electron chi connectivity index (χ3n) is 4.19. The number of aromatic nitrogens is 1. The molecule has 0 atom stereocenters. The lowest BCUT2D eigenvalue weighted by Crippen LogP contribution is -2.10. The Kier molecular flexibility index (Phi) is 9.80. The SMILES string of the molecule is CC(=O)CC(=O)OCCCCOC/C(C)=C/c1ccc(Cc2cccnc2)cc1. The Labute approximate surface area is 172 Å². The van der Waals surface area contributed by atoms with Crippen molar-refractivity contribution in [2.24, 2.45) is 0 Å². The number of esters is 1. The molecule has 1 aromatic heterocycles. The molecule has 0 saturated heterocycles. The van der Waals surface area contributed by atoms with E-state index in [4.69, 9.17) is 9.47 Å². The van der Waals surface area contributed by atoms with Gasteiger partial charge >= 0.3 is 5.97 Å². The second-order valence-corrected chi connectivity index (χ2v) is 7.13. The van der Waals surface area contributed by atoms with E-state index < -0.39 is 5.97 Å². The Balaban J connectivity index is 1.63. The van der Waals surface area contributed by atoms with Crippen LogP contribution in [0.1, 0.15) is 49.8 Å². The molecule has 0 N–H and O–H groups in total. The fraction of sp³-hybridized carbons (Fsp3) is 0.375. The first-order valence-electron chi connectivity index (χ1n) is 9.91. The van der Waals surface area contributed by atoms with Crippen molar-refractivity contribution < 1.29 is 19.1 Å². The summed E-state index contributed by atoms with van der Waals surface area (Å²) in [7, 11) is 0. The van der Waals surface area contributed by atoms with Crippen LogP contribution in [0.4, 0.5) is 0 Å². The maximum Gasteiger partial charge on any atom is 0.313 e. The van der Waals surface area contributed by atoms with Crippen molar-refractivity contribution in [3.8, 4) is 0 Å². The molecule has 2 rings (SSSR count). The lowest BCUT2D eigenvalue weighted by atomic mass is 10.0. The van der Waals surface area contributed by atoms with Crippen LogP contribution in [0.25, 0.3) is 6.08 Å². The van der Waals surface area contributed by atoms with E-state index in [1.54, 1.807) is 6.20 Å². The molecule has 0 aliphatic heterocycles. The number of unbranched alkanes of at least 4 members (excludes halogenated alkanes) is 1. The van der Waals surface area contributed by atoms with Gasteiger partial charge in [-0.05, 0) is 61.4 Å². The lowest BCUT2D eigenvalue weighted by molar-refractivity contribution is -0.145. The summed E-state index contributed by atoms with van der Waals surface area (Å²) in [5.41, 5.74) is 4.76. The minimum absolute atomic E-state index is 0.148. The molecule has 5 heteroatoms. The number of Topliss-reactive ketones (excluding diaryl/α,β-unsaturated/α-hetero) is 1. The number of benzene rings is 1. The van der Waals surface area contributed by atoms with Gasteiger partial charge in [0, 0.05) is 19.0 Å². The monoisotopic (exact) mass is 395 g/mol. The van der Waals surface area contributed by atoms with Crippen LogP contribution < -0.4 is 0 Å². The second-order valence-electron chi connectivity index (χ2n) is 7.13. The first-order valence-corrected chi connectivity index (χ1v) is 9.91. The number of pyridine rings is 1. The quantitative estimate of drug-likeness (QED) is 0.303. The van der Waals surface area contributed by atoms with Gasteiger partial charge in [0.2, 0.25) is 0 Å². The molecule has 0 fully saturated rings. The molecule has 29 heavy (non-hydrogen) atoms. The normalized spacial score (nSPS) is 11.3. The minimum atomic E-state index is -0.455. The van der Waals surface area contributed by atoms with Crippen LogP contribution in [0.3, 0.4) is 0 Å². The van der Waals surface area contributed by atoms with Gasteiger partial charge in [0.1, 0.15) is 12.2 Å². The van der Waals surface area contributed by atoms with Crippen molar-refractivity contribution in [1.29, 1.82) is 0 Å². The Hall–Kier alpha value is -2.79. The van der Waals surface area contributed by atoms with E-state index in [-0.39, 0.29) is 12.2 Å². The highest BCUT2D eigenvalue weighted by atomic mass is 16.5. The zero-order valence-corrected chi connectivity index (χ0v) is 17.2. The number of rotatable bonds is 12. The van der Waals surface area contributed by atoms with Crippen LogP contribution >= 0.6 is 0 Å². The Morgan fingerprint density at radius 3 is 2.45 bits per heavy atom. The lowest BCUT2D eigenvalue weighted by Gasteiger charge is -2.06. The molecule has 154 valence electrons. The Morgan fingerprint density at radius 1 is 1.00 bits per heavy atom. The molecule has 0 radical (unpaired) electrons. The molecular weight excluding hydrogens is 366 g/mol. The predicted octanol–water partition coefficient (Wildman–Crippen LogP) is 4.39. The topological polar surface area (TPSA) is 65.5 Å². The van der Waals surface area contributed by atoms with Gasteiger partial charge in [-0.15, -0.1) is 0 Å². The smallest absolute Gasteiger partial charge is 0.313 e. The van der Waals surface area contributed by atoms with Crippen LogP contribution in [0, 0.1) is 0 Å². The zero-order chi connectivity index (χ0) is 20.9. The number of nitrogens with zero attached hydrogens (tertiary/aromatic N) is 1. The average Bonchev–Trinajstić information content (AvgIpc) is 2.69. The fourth-order valence-corrected chi connectivity index (χ4v) is 2.78. The van der Waals surface area contributed by atoms with E-state index in [1.807, 2.05) is 19.2 Å². The number of carbonyl (C=O) groups excluding carboxylic acids is 2. The maximum absolute atomic E-state index is 11.2. The first-order chi connectivity index (χ1) is 14.0. The van der Waals surface area contributed by atoms with Gasteiger partial charge in [-0.3, -0.25) is 14.6 Å². The van der Waals surface area contributed by atoms with E-state index >= 15 is 0 Å². The van der Waals surface area contributed by atoms with E-state index in [0.717, 1.165) is 30.4 Å². The molecule has 0 spiro atoms. The largest absolute Gasteiger partial charge is 0.465 e. The first kappa shape index (κ1) is 22.5. The van der Waals surface area contributed by atoms with Crippen LogP contribution in [0.2, 0.25) is 0 Å². The summed E-state index contributed by atoms with van der Waals surface area (Å²) >= 11 is 0. The van der Waals surface area contributed by atoms with Gasteiger partial charge in [-0.25, -0.2) is 0 Å². The van der Waals surface area contributed by atoms with Gasteiger partial charge < -0.3 is 9.47 Å². The van der Waals surface area contributed by atoms with Crippen molar-refractivity contribution in [3.63, 3.8) is 0 Å². The molecule has 2 aromatic rings. The number of carbonyl (C=O) groups is 2. The summed E-state index contributed by atoms with van der Waals surface area (Å²) in [6.45, 7) is 4.94. The molecular formula is C24H29NO4. The van der Waals surface area contributed by atoms with Crippen molar-refractivity contribution in [2.75, 3.05) is 19.8 Å². The molecule has 1 aromatic carbocycles. The highest BCUT2D eigenvalue weighted by Gasteiger charge is 2.05. The highest BCUT2D eigenvalue weighted by molar-refractivity contribution is 5.94. The summed E-state index contributed by atoms with van der Waals surface area (Å²) in [6.07, 6.45) is 8.07. The third kappa shape index (κ3) is 9.81. The average molecular weight is 395 g/mol. The summed E-state index contributed by atoms with van der Waals surface area (Å²) in [6, 6.07) is 12.5. The Bertz CT molecular complexity index is 797. The standard InChI is InChI=1S/C24H29NO4/c1-19(18-28-12-3-4-13-29-24(27)15-20(2)26)14-21-7-9-22(10-8-21)16-23-6-5-11-25-17-23/h5-11,14,17H,3-4,12-13,15-16,18H2,1-2H3/b19-14+. The summed E-state index contributed by atoms with van der Waals surface area (Å²) in [5, 5.41) is 0. The van der Waals surface area contributed by atoms with E-state index in [9.17, 15) is 9.59 Å². The maximum atomic E-state index is 11.2. The number of ether oxygens (including phenoxy) is 2. The van der Waals surface area contributed by atoms with Crippen LogP contribution in [-0.2, 0) is 25.5 Å². The molecule has 5 nitrogen and oxygen atoms in total. The van der Waals surface area contributed by atoms with Crippen LogP contribution in [0.5, 0.6) is 0 Å². The summed E-state index contributed by atoms with van der Waals surface area (Å²) < 4.78 is 10.6. The molecule has 0 bridgehead atoms. The number of ketones is 1. The van der Waals surface area contributed by atoms with Gasteiger partial charge in [-0.2, -0.15) is 0 Å². The van der Waals surface area contributed by atoms with Gasteiger partial charge in [0.25, 0.3) is 0 Å². The van der Waals surface area contributed by atoms with Crippen LogP contribution in [-0.4, -0.2) is 36.6 Å². The van der Waals surface area contributed by atoms with Crippen molar-refractivity contribution in [3.05, 3.63) is 71.1 Å². The summed E-state index contributed by atoms with van der Waals surface area (Å²) in [5.74, 6) is -0.632. The molecule has 0 aliphatic carbocycles. The third-order valence-corrected chi connectivity index (χ3v) is 4.19. The molecule has 0 saturated carbocycles. The van der Waals surface area contributed by atoms with Gasteiger partial charge in [0.15, 0.2) is 0 Å². The van der Waals surface area contributed by atoms with Crippen LogP contribution in [0.15, 0.2) is 54.4 Å². The van der Waals surface area contributed by atoms with Gasteiger partial charge in [-0.1, -0.05) is 36.4 Å².